The van der Waals surface area contributed by atoms with E-state index in [1.54, 1.807) is 46.9 Å². The maximum atomic E-state index is 12.7. The number of nitrogens with zero attached hydrogens (tertiary/aromatic N) is 1. The van der Waals surface area contributed by atoms with E-state index in [0.29, 0.717) is 16.3 Å². The molecule has 0 radical (unpaired) electrons. The van der Waals surface area contributed by atoms with Crippen molar-refractivity contribution in [2.24, 2.45) is 5.41 Å². The molecule has 1 N–H and O–H groups in total. The van der Waals surface area contributed by atoms with Crippen LogP contribution in [-0.4, -0.2) is 31.4 Å². The lowest BCUT2D eigenvalue weighted by Crippen LogP contribution is -2.31. The third-order valence-corrected chi connectivity index (χ3v) is 5.46. The summed E-state index contributed by atoms with van der Waals surface area (Å²) in [7, 11) is 1.63. The number of carbonyl (C=O) groups is 3. The molecule has 0 atom stereocenters. The number of hydrogen-bond donors (Lipinski definition) is 1. The molecule has 0 saturated carbocycles. The van der Waals surface area contributed by atoms with Crippen LogP contribution in [0.3, 0.4) is 0 Å². The van der Waals surface area contributed by atoms with E-state index in [-0.39, 0.29) is 18.4 Å². The normalized spacial score (nSPS) is 11.1. The lowest BCUT2D eigenvalue weighted by atomic mass is 9.96. The zero-order chi connectivity index (χ0) is 21.1. The number of ether oxygens (including phenoxy) is 1. The third-order valence-electron chi connectivity index (χ3n) is 4.34. The van der Waals surface area contributed by atoms with Crippen molar-refractivity contribution in [2.45, 2.75) is 34.6 Å². The van der Waals surface area contributed by atoms with E-state index in [2.05, 4.69) is 5.32 Å². The molecule has 0 unspecified atom stereocenters. The molecule has 1 heterocycles. The van der Waals surface area contributed by atoms with E-state index in [1.807, 2.05) is 25.1 Å². The Hall–Kier alpha value is -2.67. The molecular weight excluding hydrogens is 376 g/mol. The average Bonchev–Trinajstić information content (AvgIpc) is 2.92. The zero-order valence-corrected chi connectivity index (χ0v) is 17.9. The van der Waals surface area contributed by atoms with Crippen LogP contribution in [0.5, 0.6) is 0 Å². The van der Waals surface area contributed by atoms with Gasteiger partial charge in [-0.1, -0.05) is 39.0 Å². The molecule has 0 spiro atoms. The number of likely N-dealkylation sites (N-methyl/N-ethyl adjacent to an activating group) is 1. The Bertz CT molecular complexity index is 882. The maximum absolute atomic E-state index is 12.7. The minimum Gasteiger partial charge on any atom is -0.452 e. The van der Waals surface area contributed by atoms with E-state index in [4.69, 9.17) is 4.74 Å². The second-order valence-electron chi connectivity index (χ2n) is 7.56. The van der Waals surface area contributed by atoms with Crippen molar-refractivity contribution in [1.29, 1.82) is 0 Å². The summed E-state index contributed by atoms with van der Waals surface area (Å²) in [6, 6.07) is 9.11. The number of amides is 2. The number of carbonyl (C=O) groups excluding carboxylic acids is 3. The zero-order valence-electron chi connectivity index (χ0n) is 17.1. The molecule has 1 aromatic carbocycles. The van der Waals surface area contributed by atoms with Gasteiger partial charge in [0, 0.05) is 23.0 Å². The lowest BCUT2D eigenvalue weighted by molar-refractivity contribution is -0.123. The fourth-order valence-electron chi connectivity index (χ4n) is 2.34. The van der Waals surface area contributed by atoms with Crippen LogP contribution in [0.1, 0.15) is 41.6 Å². The minimum atomic E-state index is -0.624. The number of aryl methyl sites for hydroxylation is 1. The van der Waals surface area contributed by atoms with Crippen LogP contribution in [0.15, 0.2) is 30.3 Å². The van der Waals surface area contributed by atoms with Crippen LogP contribution in [0.4, 0.5) is 10.7 Å². The molecule has 150 valence electrons. The largest absolute Gasteiger partial charge is 0.452 e. The predicted molar refractivity (Wildman–Crippen MR) is 112 cm³/mol. The van der Waals surface area contributed by atoms with Crippen LogP contribution in [0, 0.1) is 19.3 Å². The average molecular weight is 403 g/mol. The highest BCUT2D eigenvalue weighted by molar-refractivity contribution is 7.16. The van der Waals surface area contributed by atoms with Crippen LogP contribution in [-0.2, 0) is 14.3 Å². The molecule has 0 bridgehead atoms. The first kappa shape index (κ1) is 21.6. The van der Waals surface area contributed by atoms with Crippen LogP contribution >= 0.6 is 11.3 Å². The Balaban J connectivity index is 2.12. The summed E-state index contributed by atoms with van der Waals surface area (Å²) < 4.78 is 5.26. The van der Waals surface area contributed by atoms with Gasteiger partial charge < -0.3 is 15.0 Å². The first-order valence-electron chi connectivity index (χ1n) is 8.92. The summed E-state index contributed by atoms with van der Waals surface area (Å²) in [4.78, 5) is 39.7. The van der Waals surface area contributed by atoms with Crippen molar-refractivity contribution < 1.29 is 19.1 Å². The van der Waals surface area contributed by atoms with Gasteiger partial charge in [0.15, 0.2) is 6.61 Å². The molecular formula is C21H26N2O4S. The van der Waals surface area contributed by atoms with Crippen molar-refractivity contribution in [3.8, 4) is 0 Å². The molecule has 0 aliphatic carbocycles. The van der Waals surface area contributed by atoms with E-state index in [9.17, 15) is 14.4 Å². The van der Waals surface area contributed by atoms with Gasteiger partial charge >= 0.3 is 5.97 Å². The number of anilines is 2. The van der Waals surface area contributed by atoms with Gasteiger partial charge in [-0.3, -0.25) is 9.59 Å². The van der Waals surface area contributed by atoms with Gasteiger partial charge in [0.05, 0.1) is 5.56 Å². The van der Waals surface area contributed by atoms with Crippen molar-refractivity contribution in [3.63, 3.8) is 0 Å². The molecule has 28 heavy (non-hydrogen) atoms. The molecule has 6 nitrogen and oxygen atoms in total. The first-order chi connectivity index (χ1) is 13.0. The van der Waals surface area contributed by atoms with Gasteiger partial charge in [0.25, 0.3) is 5.91 Å². The molecule has 2 aromatic rings. The fraction of sp³-hybridized carbons (Fsp3) is 0.381. The predicted octanol–water partition coefficient (Wildman–Crippen LogP) is 4.17. The highest BCUT2D eigenvalue weighted by atomic mass is 32.1. The Labute approximate surface area is 169 Å². The summed E-state index contributed by atoms with van der Waals surface area (Å²) in [5.74, 6) is -1.16. The lowest BCUT2D eigenvalue weighted by Gasteiger charge is -2.18. The van der Waals surface area contributed by atoms with Crippen molar-refractivity contribution in [3.05, 3.63) is 46.3 Å². The number of hydrogen-bond acceptors (Lipinski definition) is 5. The SMILES string of the molecule is Cc1sc(NC(=O)C(C)(C)C)c(C(=O)OCC(=O)N(C)c2ccccc2)c1C. The topological polar surface area (TPSA) is 75.7 Å². The summed E-state index contributed by atoms with van der Waals surface area (Å²) in [6.45, 7) is 8.68. The van der Waals surface area contributed by atoms with Gasteiger partial charge in [-0.2, -0.15) is 0 Å². The molecule has 2 rings (SSSR count). The summed E-state index contributed by atoms with van der Waals surface area (Å²) in [6.07, 6.45) is 0. The van der Waals surface area contributed by atoms with Crippen LogP contribution in [0.25, 0.3) is 0 Å². The second kappa shape index (κ2) is 8.56. The fourth-order valence-corrected chi connectivity index (χ4v) is 3.39. The van der Waals surface area contributed by atoms with Crippen molar-refractivity contribution in [1.82, 2.24) is 0 Å². The van der Waals surface area contributed by atoms with Crippen molar-refractivity contribution >= 4 is 39.8 Å². The third kappa shape index (κ3) is 4.98. The highest BCUT2D eigenvalue weighted by Crippen LogP contribution is 2.34. The number of esters is 1. The quantitative estimate of drug-likeness (QED) is 0.762. The van der Waals surface area contributed by atoms with Gasteiger partial charge in [0.1, 0.15) is 5.00 Å². The summed E-state index contributed by atoms with van der Waals surface area (Å²) >= 11 is 1.32. The molecule has 7 heteroatoms. The summed E-state index contributed by atoms with van der Waals surface area (Å²) in [5, 5.41) is 3.26. The molecule has 0 aliphatic heterocycles. The maximum Gasteiger partial charge on any atom is 0.341 e. The first-order valence-corrected chi connectivity index (χ1v) is 9.74. The smallest absolute Gasteiger partial charge is 0.341 e. The summed E-state index contributed by atoms with van der Waals surface area (Å²) in [5.41, 5.74) is 1.16. The standard InChI is InChI=1S/C21H26N2O4S/c1-13-14(2)28-18(22-20(26)21(3,4)5)17(13)19(25)27-12-16(24)23(6)15-10-8-7-9-11-15/h7-11H,12H2,1-6H3,(H,22,26). The Morgan fingerprint density at radius 2 is 1.71 bits per heavy atom. The number of nitrogens with one attached hydrogen (secondary N) is 1. The molecule has 0 saturated heterocycles. The van der Waals surface area contributed by atoms with Gasteiger partial charge in [-0.25, -0.2) is 4.79 Å². The number of thiophene rings is 1. The van der Waals surface area contributed by atoms with Crippen LogP contribution in [0.2, 0.25) is 0 Å². The highest BCUT2D eigenvalue weighted by Gasteiger charge is 2.27. The van der Waals surface area contributed by atoms with Gasteiger partial charge in [-0.05, 0) is 31.5 Å². The van der Waals surface area contributed by atoms with Gasteiger partial charge in [0.2, 0.25) is 5.91 Å². The Kier molecular flexibility index (Phi) is 6.61. The van der Waals surface area contributed by atoms with E-state index in [1.165, 1.54) is 16.2 Å². The van der Waals surface area contributed by atoms with Crippen molar-refractivity contribution in [2.75, 3.05) is 23.9 Å². The Morgan fingerprint density at radius 1 is 1.11 bits per heavy atom. The number of rotatable bonds is 5. The molecule has 2 amide bonds. The van der Waals surface area contributed by atoms with E-state index in [0.717, 1.165) is 10.4 Å². The van der Waals surface area contributed by atoms with E-state index < -0.39 is 11.4 Å². The monoisotopic (exact) mass is 402 g/mol. The number of benzene rings is 1. The van der Waals surface area contributed by atoms with Gasteiger partial charge in [-0.15, -0.1) is 11.3 Å². The molecule has 0 aliphatic rings. The Morgan fingerprint density at radius 3 is 2.29 bits per heavy atom. The molecule has 1 aromatic heterocycles. The molecule has 0 fully saturated rings. The number of para-hydroxylation sites is 1. The van der Waals surface area contributed by atoms with Crippen LogP contribution < -0.4 is 10.2 Å². The second-order valence-corrected chi connectivity index (χ2v) is 8.78. The van der Waals surface area contributed by atoms with E-state index >= 15 is 0 Å². The minimum absolute atomic E-state index is 0.192.